The van der Waals surface area contributed by atoms with Gasteiger partial charge in [-0.3, -0.25) is 4.79 Å². The normalized spacial score (nSPS) is 16.5. The third kappa shape index (κ3) is 3.38. The number of thiophene rings is 1. The Kier molecular flexibility index (Phi) is 5.70. The lowest BCUT2D eigenvalue weighted by Crippen LogP contribution is -2.40. The first kappa shape index (κ1) is 18.6. The van der Waals surface area contributed by atoms with E-state index in [-0.39, 0.29) is 30.2 Å². The fraction of sp³-hybridized carbons (Fsp3) is 0.278. The van der Waals surface area contributed by atoms with Crippen molar-refractivity contribution in [3.05, 3.63) is 53.7 Å². The Hall–Kier alpha value is -2.22. The van der Waals surface area contributed by atoms with Gasteiger partial charge in [0.15, 0.2) is 5.82 Å². The zero-order valence-electron chi connectivity index (χ0n) is 14.1. The summed E-state index contributed by atoms with van der Waals surface area (Å²) in [5, 5.41) is 6.52. The zero-order chi connectivity index (χ0) is 17.2. The smallest absolute Gasteiger partial charge is 0.293 e. The maximum atomic E-state index is 12.9. The number of rotatable bonds is 4. The lowest BCUT2D eigenvalue weighted by Gasteiger charge is -2.21. The van der Waals surface area contributed by atoms with Gasteiger partial charge in [-0.1, -0.05) is 24.3 Å². The molecule has 3 heterocycles. The van der Waals surface area contributed by atoms with E-state index in [0.29, 0.717) is 12.4 Å². The van der Waals surface area contributed by atoms with Crippen LogP contribution < -0.4 is 5.73 Å². The summed E-state index contributed by atoms with van der Waals surface area (Å²) in [6.45, 7) is 1.19. The van der Waals surface area contributed by atoms with Gasteiger partial charge in [-0.05, 0) is 36.4 Å². The van der Waals surface area contributed by atoms with Crippen LogP contribution in [0.3, 0.4) is 0 Å². The first-order valence-corrected chi connectivity index (χ1v) is 9.23. The van der Waals surface area contributed by atoms with E-state index in [4.69, 9.17) is 5.73 Å². The minimum Gasteiger partial charge on any atom is -0.332 e. The van der Waals surface area contributed by atoms with Crippen LogP contribution in [0.2, 0.25) is 0 Å². The molecule has 136 valence electrons. The number of halogens is 1. The highest BCUT2D eigenvalue weighted by molar-refractivity contribution is 7.13. The number of hydrogen-bond acceptors (Lipinski definition) is 5. The van der Waals surface area contributed by atoms with Gasteiger partial charge in [0.25, 0.3) is 5.91 Å². The molecular formula is C18H20ClN5OS. The summed E-state index contributed by atoms with van der Waals surface area (Å²) in [6.07, 6.45) is 1.92. The van der Waals surface area contributed by atoms with Gasteiger partial charge in [0.1, 0.15) is 0 Å². The zero-order valence-corrected chi connectivity index (χ0v) is 15.7. The summed E-state index contributed by atoms with van der Waals surface area (Å²) in [7, 11) is 0. The maximum Gasteiger partial charge on any atom is 0.293 e. The number of benzene rings is 1. The molecule has 0 aliphatic carbocycles. The third-order valence-corrected chi connectivity index (χ3v) is 5.32. The molecule has 2 N–H and O–H groups in total. The number of nitrogens with two attached hydrogens (primary N) is 1. The van der Waals surface area contributed by atoms with Gasteiger partial charge in [0.05, 0.1) is 10.6 Å². The predicted molar refractivity (Wildman–Crippen MR) is 105 cm³/mol. The summed E-state index contributed by atoms with van der Waals surface area (Å²) in [4.78, 5) is 20.3. The topological polar surface area (TPSA) is 77.0 Å². The maximum absolute atomic E-state index is 12.9. The number of amides is 1. The van der Waals surface area contributed by atoms with Crippen LogP contribution in [-0.2, 0) is 0 Å². The van der Waals surface area contributed by atoms with Crippen molar-refractivity contribution in [3.8, 4) is 16.4 Å². The van der Waals surface area contributed by atoms with Crippen molar-refractivity contribution in [2.24, 2.45) is 5.73 Å². The molecule has 0 radical (unpaired) electrons. The molecule has 26 heavy (non-hydrogen) atoms. The molecule has 1 aromatic carbocycles. The molecule has 8 heteroatoms. The Labute approximate surface area is 162 Å². The van der Waals surface area contributed by atoms with Crippen LogP contribution in [0.4, 0.5) is 0 Å². The van der Waals surface area contributed by atoms with Crippen LogP contribution in [0.25, 0.3) is 16.4 Å². The molecule has 1 unspecified atom stereocenters. The van der Waals surface area contributed by atoms with E-state index >= 15 is 0 Å². The number of nitrogens with zero attached hydrogens (tertiary/aromatic N) is 4. The Morgan fingerprint density at radius 3 is 2.73 bits per heavy atom. The molecule has 0 saturated carbocycles. The SMILES string of the molecule is Cl.NCC1CCCN1C(=O)c1nc(-c2cccs2)n(-c2ccccc2)n1. The molecule has 2 aromatic heterocycles. The molecule has 3 aromatic rings. The van der Waals surface area contributed by atoms with Gasteiger partial charge in [-0.2, -0.15) is 0 Å². The van der Waals surface area contributed by atoms with Gasteiger partial charge in [-0.15, -0.1) is 28.8 Å². The average molecular weight is 390 g/mol. The molecule has 4 rings (SSSR count). The minimum absolute atomic E-state index is 0. The molecule has 0 spiro atoms. The van der Waals surface area contributed by atoms with Crippen molar-refractivity contribution in [1.82, 2.24) is 19.7 Å². The van der Waals surface area contributed by atoms with E-state index in [1.165, 1.54) is 0 Å². The number of carbonyl (C=O) groups excluding carboxylic acids is 1. The highest BCUT2D eigenvalue weighted by Crippen LogP contribution is 2.26. The van der Waals surface area contributed by atoms with Crippen molar-refractivity contribution in [2.75, 3.05) is 13.1 Å². The highest BCUT2D eigenvalue weighted by atomic mass is 35.5. The van der Waals surface area contributed by atoms with Gasteiger partial charge >= 0.3 is 0 Å². The summed E-state index contributed by atoms with van der Waals surface area (Å²) in [5.74, 6) is 0.779. The van der Waals surface area contributed by atoms with Crippen LogP contribution in [0, 0.1) is 0 Å². The largest absolute Gasteiger partial charge is 0.332 e. The lowest BCUT2D eigenvalue weighted by atomic mass is 10.2. The Balaban J connectivity index is 0.00000196. The Morgan fingerprint density at radius 2 is 2.04 bits per heavy atom. The number of likely N-dealkylation sites (tertiary alicyclic amines) is 1. The summed E-state index contributed by atoms with van der Waals surface area (Å²) >= 11 is 1.58. The Morgan fingerprint density at radius 1 is 1.23 bits per heavy atom. The third-order valence-electron chi connectivity index (χ3n) is 4.45. The number of aromatic nitrogens is 3. The number of carbonyl (C=O) groups is 1. The summed E-state index contributed by atoms with van der Waals surface area (Å²) < 4.78 is 1.74. The molecule has 1 saturated heterocycles. The second kappa shape index (κ2) is 7.99. The average Bonchev–Trinajstić information content (AvgIpc) is 3.41. The second-order valence-electron chi connectivity index (χ2n) is 6.01. The van der Waals surface area contributed by atoms with Crippen molar-refractivity contribution < 1.29 is 4.79 Å². The summed E-state index contributed by atoms with van der Waals surface area (Å²) in [5.41, 5.74) is 6.69. The van der Waals surface area contributed by atoms with E-state index in [1.54, 1.807) is 16.0 Å². The van der Waals surface area contributed by atoms with E-state index in [1.807, 2.05) is 52.7 Å². The molecule has 1 fully saturated rings. The molecule has 1 aliphatic heterocycles. The van der Waals surface area contributed by atoms with Gasteiger partial charge in [-0.25, -0.2) is 9.67 Å². The van der Waals surface area contributed by atoms with Crippen molar-refractivity contribution in [2.45, 2.75) is 18.9 Å². The standard InChI is InChI=1S/C18H19N5OS.ClH/c19-12-14-8-4-10-22(14)18(24)16-20-17(15-9-5-11-25-15)23(21-16)13-6-2-1-3-7-13;/h1-3,5-7,9,11,14H,4,8,10,12,19H2;1H. The van der Waals surface area contributed by atoms with Gasteiger partial charge < -0.3 is 10.6 Å². The highest BCUT2D eigenvalue weighted by Gasteiger charge is 2.31. The van der Waals surface area contributed by atoms with E-state index in [9.17, 15) is 4.79 Å². The van der Waals surface area contributed by atoms with Crippen molar-refractivity contribution in [1.29, 1.82) is 0 Å². The van der Waals surface area contributed by atoms with Gasteiger partial charge in [0.2, 0.25) is 5.82 Å². The predicted octanol–water partition coefficient (Wildman–Crippen LogP) is 2.98. The second-order valence-corrected chi connectivity index (χ2v) is 6.96. The van der Waals surface area contributed by atoms with Crippen LogP contribution in [0.1, 0.15) is 23.5 Å². The van der Waals surface area contributed by atoms with Crippen molar-refractivity contribution in [3.63, 3.8) is 0 Å². The molecular weight excluding hydrogens is 370 g/mol. The van der Waals surface area contributed by atoms with Crippen LogP contribution in [0.15, 0.2) is 47.8 Å². The fourth-order valence-electron chi connectivity index (χ4n) is 3.19. The minimum atomic E-state index is -0.138. The van der Waals surface area contributed by atoms with Crippen LogP contribution >= 0.6 is 23.7 Å². The first-order chi connectivity index (χ1) is 12.3. The van der Waals surface area contributed by atoms with E-state index in [0.717, 1.165) is 30.0 Å². The van der Waals surface area contributed by atoms with E-state index < -0.39 is 0 Å². The molecule has 1 atom stereocenters. The molecule has 1 aliphatic rings. The first-order valence-electron chi connectivity index (χ1n) is 8.35. The monoisotopic (exact) mass is 389 g/mol. The van der Waals surface area contributed by atoms with Gasteiger partial charge in [0, 0.05) is 19.1 Å². The fourth-order valence-corrected chi connectivity index (χ4v) is 3.89. The quantitative estimate of drug-likeness (QED) is 0.744. The van der Waals surface area contributed by atoms with Crippen LogP contribution in [-0.4, -0.2) is 44.7 Å². The molecule has 6 nitrogen and oxygen atoms in total. The Bertz CT molecular complexity index is 865. The van der Waals surface area contributed by atoms with Crippen LogP contribution in [0.5, 0.6) is 0 Å². The molecule has 0 bridgehead atoms. The number of para-hydroxylation sites is 1. The molecule has 1 amide bonds. The summed E-state index contributed by atoms with van der Waals surface area (Å²) in [6, 6.07) is 13.8. The van der Waals surface area contributed by atoms with E-state index in [2.05, 4.69) is 10.1 Å². The van der Waals surface area contributed by atoms with Crippen molar-refractivity contribution >= 4 is 29.7 Å². The number of hydrogen-bond donors (Lipinski definition) is 1. The lowest BCUT2D eigenvalue weighted by molar-refractivity contribution is 0.0729.